The van der Waals surface area contributed by atoms with Gasteiger partial charge < -0.3 is 14.2 Å². The average Bonchev–Trinajstić information content (AvgIpc) is 3.28. The molecule has 1 amide bonds. The van der Waals surface area contributed by atoms with Crippen LogP contribution >= 0.6 is 0 Å². The number of carbonyl (C=O) groups is 1. The maximum atomic E-state index is 14.3. The number of aromatic nitrogens is 2. The molecule has 1 aliphatic heterocycles. The van der Waals surface area contributed by atoms with E-state index in [1.54, 1.807) is 18.0 Å². The van der Waals surface area contributed by atoms with Gasteiger partial charge in [-0.3, -0.25) is 14.7 Å². The lowest BCUT2D eigenvalue weighted by atomic mass is 9.81. The van der Waals surface area contributed by atoms with Crippen molar-refractivity contribution >= 4 is 16.8 Å². The van der Waals surface area contributed by atoms with Gasteiger partial charge in [0.05, 0.1) is 36.2 Å². The highest BCUT2D eigenvalue weighted by Gasteiger charge is 2.30. The molecule has 2 fully saturated rings. The Morgan fingerprint density at radius 1 is 1.14 bits per heavy atom. The summed E-state index contributed by atoms with van der Waals surface area (Å²) in [6, 6.07) is 7.21. The van der Waals surface area contributed by atoms with Crippen molar-refractivity contribution in [2.75, 3.05) is 33.4 Å². The molecule has 1 saturated heterocycles. The summed E-state index contributed by atoms with van der Waals surface area (Å²) < 4.78 is 21.9. The van der Waals surface area contributed by atoms with E-state index >= 15 is 0 Å². The third-order valence-corrected chi connectivity index (χ3v) is 7.88. The minimum absolute atomic E-state index is 0.0129. The van der Waals surface area contributed by atoms with Crippen molar-refractivity contribution in [1.29, 1.82) is 0 Å². The Kier molecular flexibility index (Phi) is 6.89. The highest BCUT2D eigenvalue weighted by Crippen LogP contribution is 2.40. The standard InChI is InChI=1S/C28H35FN4O2/c1-19(2)31(3)28(34)24-16-21(29)6-9-26(24)33-18-25(23-10-11-30-17-27(23)33)20-4-7-22(8-5-20)32-12-14-35-15-13-32/h6,9-11,16-20,22H,4-5,7-8,12-15H2,1-3H3/t20-,22+. The summed E-state index contributed by atoms with van der Waals surface area (Å²) in [7, 11) is 1.76. The van der Waals surface area contributed by atoms with E-state index in [0.717, 1.165) is 50.0 Å². The molecule has 0 radical (unpaired) electrons. The zero-order chi connectivity index (χ0) is 24.5. The van der Waals surface area contributed by atoms with Gasteiger partial charge in [-0.15, -0.1) is 0 Å². The van der Waals surface area contributed by atoms with Crippen molar-refractivity contribution in [1.82, 2.24) is 19.4 Å². The Labute approximate surface area is 206 Å². The maximum Gasteiger partial charge on any atom is 0.256 e. The van der Waals surface area contributed by atoms with Gasteiger partial charge in [0, 0.05) is 50.0 Å². The van der Waals surface area contributed by atoms with E-state index in [1.807, 2.05) is 30.8 Å². The van der Waals surface area contributed by atoms with Crippen molar-refractivity contribution in [3.05, 3.63) is 59.8 Å². The predicted octanol–water partition coefficient (Wildman–Crippen LogP) is 5.00. The largest absolute Gasteiger partial charge is 0.379 e. The molecular formula is C28H35FN4O2. The monoisotopic (exact) mass is 478 g/mol. The molecule has 2 aliphatic rings. The van der Waals surface area contributed by atoms with Crippen LogP contribution in [0.15, 0.2) is 42.9 Å². The lowest BCUT2D eigenvalue weighted by Crippen LogP contribution is -2.44. The first kappa shape index (κ1) is 23.9. The maximum absolute atomic E-state index is 14.3. The Hall–Kier alpha value is -2.77. The lowest BCUT2D eigenvalue weighted by Gasteiger charge is -2.38. The Balaban J connectivity index is 1.49. The molecule has 0 spiro atoms. The number of morpholine rings is 1. The molecule has 2 aromatic heterocycles. The van der Waals surface area contributed by atoms with Crippen LogP contribution in [-0.4, -0.2) is 70.7 Å². The number of hydrogen-bond acceptors (Lipinski definition) is 4. The van der Waals surface area contributed by atoms with Crippen molar-refractivity contribution < 1.29 is 13.9 Å². The molecule has 35 heavy (non-hydrogen) atoms. The molecule has 3 heterocycles. The van der Waals surface area contributed by atoms with E-state index in [1.165, 1.54) is 30.5 Å². The van der Waals surface area contributed by atoms with Gasteiger partial charge in [-0.05, 0) is 75.3 Å². The number of nitrogens with zero attached hydrogens (tertiary/aromatic N) is 4. The van der Waals surface area contributed by atoms with Crippen molar-refractivity contribution in [3.8, 4) is 5.69 Å². The van der Waals surface area contributed by atoms with Gasteiger partial charge in [0.2, 0.25) is 0 Å². The number of pyridine rings is 1. The van der Waals surface area contributed by atoms with Crippen LogP contribution in [0.3, 0.4) is 0 Å². The normalized spacial score (nSPS) is 21.5. The number of benzene rings is 1. The first-order valence-electron chi connectivity index (χ1n) is 12.8. The smallest absolute Gasteiger partial charge is 0.256 e. The second kappa shape index (κ2) is 10.1. The molecule has 186 valence electrons. The molecule has 0 bridgehead atoms. The average molecular weight is 479 g/mol. The molecule has 1 saturated carbocycles. The molecule has 0 unspecified atom stereocenters. The fourth-order valence-corrected chi connectivity index (χ4v) is 5.63. The molecule has 6 nitrogen and oxygen atoms in total. The van der Waals surface area contributed by atoms with Gasteiger partial charge in [-0.25, -0.2) is 4.39 Å². The minimum Gasteiger partial charge on any atom is -0.379 e. The van der Waals surface area contributed by atoms with Crippen LogP contribution in [0.5, 0.6) is 0 Å². The van der Waals surface area contributed by atoms with E-state index in [4.69, 9.17) is 4.74 Å². The summed E-state index contributed by atoms with van der Waals surface area (Å²) in [5.41, 5.74) is 3.30. The number of fused-ring (bicyclic) bond motifs is 1. The van der Waals surface area contributed by atoms with Crippen LogP contribution < -0.4 is 0 Å². The molecule has 0 N–H and O–H groups in total. The van der Waals surface area contributed by atoms with E-state index in [2.05, 4.69) is 22.1 Å². The van der Waals surface area contributed by atoms with Crippen molar-refractivity contribution in [2.24, 2.45) is 0 Å². The number of rotatable bonds is 5. The van der Waals surface area contributed by atoms with Crippen molar-refractivity contribution in [3.63, 3.8) is 0 Å². The lowest BCUT2D eigenvalue weighted by molar-refractivity contribution is 0.00732. The van der Waals surface area contributed by atoms with E-state index in [9.17, 15) is 9.18 Å². The molecule has 1 aliphatic carbocycles. The van der Waals surface area contributed by atoms with Gasteiger partial charge in [-0.1, -0.05) is 0 Å². The summed E-state index contributed by atoms with van der Waals surface area (Å²) in [6.07, 6.45) is 10.5. The van der Waals surface area contributed by atoms with Crippen LogP contribution in [0.4, 0.5) is 4.39 Å². The zero-order valence-electron chi connectivity index (χ0n) is 20.9. The van der Waals surface area contributed by atoms with Gasteiger partial charge in [-0.2, -0.15) is 0 Å². The Morgan fingerprint density at radius 3 is 2.60 bits per heavy atom. The molecule has 5 rings (SSSR count). The van der Waals surface area contributed by atoms with E-state index < -0.39 is 5.82 Å². The molecule has 7 heteroatoms. The second-order valence-corrected chi connectivity index (χ2v) is 10.2. The summed E-state index contributed by atoms with van der Waals surface area (Å²) >= 11 is 0. The number of carbonyl (C=O) groups excluding carboxylic acids is 1. The van der Waals surface area contributed by atoms with Gasteiger partial charge in [0.25, 0.3) is 5.91 Å². The number of ether oxygens (including phenoxy) is 1. The minimum atomic E-state index is -0.412. The SMILES string of the molecule is CC(C)N(C)C(=O)c1cc(F)ccc1-n1cc([C@H]2CC[C@@H](N3CCOCC3)CC2)c2ccncc21. The fourth-order valence-electron chi connectivity index (χ4n) is 5.63. The predicted molar refractivity (Wildman–Crippen MR) is 136 cm³/mol. The fraction of sp³-hybridized carbons (Fsp3) is 0.500. The van der Waals surface area contributed by atoms with E-state index in [-0.39, 0.29) is 11.9 Å². The summed E-state index contributed by atoms with van der Waals surface area (Å²) in [6.45, 7) is 7.66. The van der Waals surface area contributed by atoms with Gasteiger partial charge in [0.1, 0.15) is 5.82 Å². The van der Waals surface area contributed by atoms with Crippen LogP contribution in [0.25, 0.3) is 16.6 Å². The molecule has 0 atom stereocenters. The quantitative estimate of drug-likeness (QED) is 0.518. The third-order valence-electron chi connectivity index (χ3n) is 7.88. The first-order valence-corrected chi connectivity index (χ1v) is 12.8. The topological polar surface area (TPSA) is 50.6 Å². The summed E-state index contributed by atoms with van der Waals surface area (Å²) in [5.74, 6) is -0.144. The van der Waals surface area contributed by atoms with Crippen LogP contribution in [0, 0.1) is 5.82 Å². The molecular weight excluding hydrogens is 443 g/mol. The highest BCUT2D eigenvalue weighted by molar-refractivity contribution is 5.99. The zero-order valence-corrected chi connectivity index (χ0v) is 20.9. The number of amides is 1. The number of halogens is 1. The summed E-state index contributed by atoms with van der Waals surface area (Å²) in [4.78, 5) is 21.9. The van der Waals surface area contributed by atoms with Gasteiger partial charge >= 0.3 is 0 Å². The van der Waals surface area contributed by atoms with Crippen LogP contribution in [0.1, 0.15) is 61.4 Å². The third kappa shape index (κ3) is 4.71. The number of hydrogen-bond donors (Lipinski definition) is 0. The second-order valence-electron chi connectivity index (χ2n) is 10.2. The van der Waals surface area contributed by atoms with Crippen molar-refractivity contribution in [2.45, 2.75) is 57.5 Å². The Morgan fingerprint density at radius 2 is 1.89 bits per heavy atom. The van der Waals surface area contributed by atoms with Crippen LogP contribution in [-0.2, 0) is 4.74 Å². The highest BCUT2D eigenvalue weighted by atomic mass is 19.1. The van der Waals surface area contributed by atoms with Crippen LogP contribution in [0.2, 0.25) is 0 Å². The van der Waals surface area contributed by atoms with Gasteiger partial charge in [0.15, 0.2) is 0 Å². The molecule has 3 aromatic rings. The molecule has 1 aromatic carbocycles. The Bertz CT molecular complexity index is 1190. The first-order chi connectivity index (χ1) is 16.9. The summed E-state index contributed by atoms with van der Waals surface area (Å²) in [5, 5.41) is 1.16. The van der Waals surface area contributed by atoms with E-state index in [0.29, 0.717) is 23.2 Å².